The van der Waals surface area contributed by atoms with Crippen LogP contribution in [0.15, 0.2) is 12.2 Å². The Labute approximate surface area is 110 Å². The van der Waals surface area contributed by atoms with Crippen molar-refractivity contribution in [3.05, 3.63) is 12.2 Å². The number of rotatable bonds is 7. The van der Waals surface area contributed by atoms with Crippen LogP contribution in [0.25, 0.3) is 0 Å². The minimum absolute atomic E-state index is 0.0142. The van der Waals surface area contributed by atoms with E-state index in [1.807, 2.05) is 0 Å². The van der Waals surface area contributed by atoms with Crippen LogP contribution in [0.2, 0.25) is 0 Å². The molecule has 4 nitrogen and oxygen atoms in total. The van der Waals surface area contributed by atoms with E-state index in [0.29, 0.717) is 6.92 Å². The van der Waals surface area contributed by atoms with Gasteiger partial charge in [-0.2, -0.15) is 13.2 Å². The maximum atomic E-state index is 12.3. The van der Waals surface area contributed by atoms with Crippen molar-refractivity contribution >= 4 is 5.97 Å². The lowest BCUT2D eigenvalue weighted by molar-refractivity contribution is -0.257. The number of carbonyl (C=O) groups excluding carboxylic acids is 1. The van der Waals surface area contributed by atoms with Gasteiger partial charge < -0.3 is 14.6 Å². The molecule has 112 valence electrons. The fourth-order valence-electron chi connectivity index (χ4n) is 0.964. The molecule has 0 aromatic heterocycles. The molecule has 0 aliphatic heterocycles. The number of carbonyl (C=O) groups is 1. The summed E-state index contributed by atoms with van der Waals surface area (Å²) in [6, 6.07) is 0. The monoisotopic (exact) mass is 284 g/mol. The molecule has 19 heavy (non-hydrogen) atoms. The van der Waals surface area contributed by atoms with Crippen LogP contribution in [0.1, 0.15) is 27.2 Å². The lowest BCUT2D eigenvalue weighted by Crippen LogP contribution is -2.43. The van der Waals surface area contributed by atoms with Gasteiger partial charge in [-0.3, -0.25) is 0 Å². The van der Waals surface area contributed by atoms with Crippen LogP contribution in [-0.2, 0) is 14.3 Å². The summed E-state index contributed by atoms with van der Waals surface area (Å²) in [4.78, 5) is 11.3. The summed E-state index contributed by atoms with van der Waals surface area (Å²) < 4.78 is 46.6. The van der Waals surface area contributed by atoms with E-state index in [0.717, 1.165) is 0 Å². The highest BCUT2D eigenvalue weighted by Crippen LogP contribution is 2.32. The highest BCUT2D eigenvalue weighted by molar-refractivity contribution is 5.88. The second-order valence-corrected chi connectivity index (χ2v) is 4.63. The summed E-state index contributed by atoms with van der Waals surface area (Å²) in [7, 11) is 0. The number of esters is 1. The molecule has 0 aromatic carbocycles. The molecule has 0 aliphatic carbocycles. The summed E-state index contributed by atoms with van der Waals surface area (Å²) in [5.74, 6) is -0.655. The van der Waals surface area contributed by atoms with Crippen molar-refractivity contribution in [3.8, 4) is 0 Å². The lowest BCUT2D eigenvalue weighted by atomic mass is 10.0. The third-order valence-electron chi connectivity index (χ3n) is 2.25. The van der Waals surface area contributed by atoms with Crippen LogP contribution in [0.3, 0.4) is 0 Å². The van der Waals surface area contributed by atoms with Gasteiger partial charge in [0.05, 0.1) is 24.9 Å². The predicted octanol–water partition coefficient (Wildman–Crippen LogP) is 2.21. The fraction of sp³-hybridized carbons (Fsp3) is 0.750. The van der Waals surface area contributed by atoms with Crippen LogP contribution < -0.4 is 0 Å². The minimum Gasteiger partial charge on any atom is -0.460 e. The topological polar surface area (TPSA) is 55.8 Å². The van der Waals surface area contributed by atoms with Gasteiger partial charge in [0, 0.05) is 6.42 Å². The molecule has 0 spiro atoms. The van der Waals surface area contributed by atoms with Gasteiger partial charge in [-0.25, -0.2) is 4.79 Å². The number of hydrogen-bond acceptors (Lipinski definition) is 4. The molecule has 0 rings (SSSR count). The molecule has 7 heteroatoms. The van der Waals surface area contributed by atoms with Gasteiger partial charge in [0.2, 0.25) is 0 Å². The Hall–Kier alpha value is -1.08. The first-order valence-corrected chi connectivity index (χ1v) is 5.73. The second-order valence-electron chi connectivity index (χ2n) is 4.63. The zero-order valence-electron chi connectivity index (χ0n) is 11.2. The molecule has 0 radical (unpaired) electrons. The van der Waals surface area contributed by atoms with Gasteiger partial charge >= 0.3 is 12.1 Å². The predicted molar refractivity (Wildman–Crippen MR) is 62.5 cm³/mol. The smallest absolute Gasteiger partial charge is 0.416 e. The van der Waals surface area contributed by atoms with E-state index in [1.54, 1.807) is 13.8 Å². The van der Waals surface area contributed by atoms with Gasteiger partial charge in [0.15, 0.2) is 5.60 Å². The third-order valence-corrected chi connectivity index (χ3v) is 2.25. The molecule has 0 saturated heterocycles. The Bertz CT molecular complexity index is 321. The molecular formula is C12H19F3O4. The normalized spacial score (nSPS) is 15.2. The van der Waals surface area contributed by atoms with Gasteiger partial charge in [0.1, 0.15) is 0 Å². The Morgan fingerprint density at radius 1 is 1.37 bits per heavy atom. The van der Waals surface area contributed by atoms with Gasteiger partial charge in [-0.15, -0.1) is 0 Å². The molecule has 1 unspecified atom stereocenters. The van der Waals surface area contributed by atoms with Crippen molar-refractivity contribution in [2.75, 3.05) is 13.2 Å². The number of aliphatic hydroxyl groups is 1. The van der Waals surface area contributed by atoms with E-state index >= 15 is 0 Å². The van der Waals surface area contributed by atoms with Crippen molar-refractivity contribution < 1.29 is 32.5 Å². The fourth-order valence-corrected chi connectivity index (χ4v) is 0.964. The van der Waals surface area contributed by atoms with Crippen LogP contribution >= 0.6 is 0 Å². The summed E-state index contributed by atoms with van der Waals surface area (Å²) in [6.45, 7) is 6.81. The van der Waals surface area contributed by atoms with E-state index in [-0.39, 0.29) is 24.9 Å². The van der Waals surface area contributed by atoms with E-state index in [1.165, 1.54) is 0 Å². The number of halogens is 3. The third kappa shape index (κ3) is 6.58. The van der Waals surface area contributed by atoms with E-state index in [9.17, 15) is 18.0 Å². The van der Waals surface area contributed by atoms with Crippen molar-refractivity contribution in [2.24, 2.45) is 0 Å². The zero-order chi connectivity index (χ0) is 15.3. The first-order chi connectivity index (χ1) is 8.47. The summed E-state index contributed by atoms with van der Waals surface area (Å²) >= 11 is 0. The van der Waals surface area contributed by atoms with Crippen LogP contribution in [-0.4, -0.2) is 42.2 Å². The summed E-state index contributed by atoms with van der Waals surface area (Å²) in [6.07, 6.45) is -5.65. The van der Waals surface area contributed by atoms with Gasteiger partial charge in [-0.05, 0) is 20.8 Å². The first-order valence-electron chi connectivity index (χ1n) is 5.73. The van der Waals surface area contributed by atoms with Crippen molar-refractivity contribution in [1.82, 2.24) is 0 Å². The molecule has 1 N–H and O–H groups in total. The maximum absolute atomic E-state index is 12.3. The average Bonchev–Trinajstić information content (AvgIpc) is 2.21. The molecule has 0 aromatic rings. The van der Waals surface area contributed by atoms with Crippen LogP contribution in [0.5, 0.6) is 0 Å². The molecule has 0 fully saturated rings. The largest absolute Gasteiger partial charge is 0.460 e. The Balaban J connectivity index is 4.00. The summed E-state index contributed by atoms with van der Waals surface area (Å²) in [5, 5.41) is 9.13. The Morgan fingerprint density at radius 2 is 1.89 bits per heavy atom. The maximum Gasteiger partial charge on any atom is 0.416 e. The minimum atomic E-state index is -4.72. The molecular weight excluding hydrogens is 265 g/mol. The molecule has 1 atom stereocenters. The van der Waals surface area contributed by atoms with Crippen LogP contribution in [0.4, 0.5) is 13.2 Å². The molecule has 0 saturated carbocycles. The number of alkyl halides is 3. The van der Waals surface area contributed by atoms with E-state index < -0.39 is 24.2 Å². The first kappa shape index (κ1) is 17.9. The van der Waals surface area contributed by atoms with Crippen LogP contribution in [0, 0.1) is 0 Å². The highest BCUT2D eigenvalue weighted by atomic mass is 19.4. The lowest BCUT2D eigenvalue weighted by Gasteiger charge is -2.25. The Kier molecular flexibility index (Phi) is 6.51. The number of hydrogen-bond donors (Lipinski definition) is 1. The van der Waals surface area contributed by atoms with Gasteiger partial charge in [0.25, 0.3) is 0 Å². The van der Waals surface area contributed by atoms with Crippen molar-refractivity contribution in [2.45, 2.75) is 45.1 Å². The van der Waals surface area contributed by atoms with Crippen molar-refractivity contribution in [3.63, 3.8) is 0 Å². The Morgan fingerprint density at radius 3 is 2.32 bits per heavy atom. The highest BCUT2D eigenvalue weighted by Gasteiger charge is 2.49. The van der Waals surface area contributed by atoms with E-state index in [2.05, 4.69) is 6.58 Å². The summed E-state index contributed by atoms with van der Waals surface area (Å²) in [5.41, 5.74) is -2.80. The molecule has 0 heterocycles. The average molecular weight is 284 g/mol. The standard InChI is InChI=1S/C12H19F3O4/c1-8(2)19-10(16)9(3)7-18-6-5-11(4,17)12(13,14)15/h8,17H,3,5-7H2,1-2,4H3. The van der Waals surface area contributed by atoms with Crippen molar-refractivity contribution in [1.29, 1.82) is 0 Å². The number of ether oxygens (including phenoxy) is 2. The molecule has 0 aliphatic rings. The second kappa shape index (κ2) is 6.91. The molecule has 0 amide bonds. The van der Waals surface area contributed by atoms with E-state index in [4.69, 9.17) is 14.6 Å². The molecule has 0 bridgehead atoms. The quantitative estimate of drug-likeness (QED) is 0.442. The zero-order valence-corrected chi connectivity index (χ0v) is 11.2. The SMILES string of the molecule is C=C(COCCC(C)(O)C(F)(F)F)C(=O)OC(C)C. The van der Waals surface area contributed by atoms with Gasteiger partial charge in [-0.1, -0.05) is 6.58 Å².